The number of nitrogens with one attached hydrogen (secondary N) is 1. The highest BCUT2D eigenvalue weighted by Crippen LogP contribution is 2.36. The number of rotatable bonds is 3. The van der Waals surface area contributed by atoms with Gasteiger partial charge in [-0.3, -0.25) is 4.90 Å². The molecule has 1 aliphatic heterocycles. The summed E-state index contributed by atoms with van der Waals surface area (Å²) in [4.78, 5) is 5.90. The molecule has 1 aromatic heterocycles. The van der Waals surface area contributed by atoms with Gasteiger partial charge in [0.25, 0.3) is 0 Å². The number of aromatic nitrogens is 1. The van der Waals surface area contributed by atoms with Gasteiger partial charge in [0.2, 0.25) is 0 Å². The third-order valence-corrected chi connectivity index (χ3v) is 3.83. The van der Waals surface area contributed by atoms with Crippen molar-refractivity contribution in [2.75, 3.05) is 26.2 Å². The van der Waals surface area contributed by atoms with Gasteiger partial charge in [-0.05, 0) is 22.0 Å². The van der Waals surface area contributed by atoms with Crippen LogP contribution in [0.3, 0.4) is 0 Å². The lowest BCUT2D eigenvalue weighted by atomic mass is 10.0. The maximum Gasteiger partial charge on any atom is 0.390 e. The number of hydrogen-bond acceptors (Lipinski definition) is 3. The summed E-state index contributed by atoms with van der Waals surface area (Å²) in [5.74, 6) is 0. The zero-order valence-electron chi connectivity index (χ0n) is 10.3. The standard InChI is InChI=1S/C12H15BrF3N3/c13-11-9(2-1-3-18-11)10(8-12(14,15)16)19-6-4-17-5-7-19/h1-3,10,17H,4-8H2/t10-/m0/s1. The van der Waals surface area contributed by atoms with Gasteiger partial charge in [0, 0.05) is 44.0 Å². The number of pyridine rings is 1. The fraction of sp³-hybridized carbons (Fsp3) is 0.583. The highest BCUT2D eigenvalue weighted by atomic mass is 79.9. The molecule has 19 heavy (non-hydrogen) atoms. The first-order valence-corrected chi connectivity index (χ1v) is 6.88. The predicted molar refractivity (Wildman–Crippen MR) is 69.8 cm³/mol. The maximum absolute atomic E-state index is 12.8. The number of alkyl halides is 3. The summed E-state index contributed by atoms with van der Waals surface area (Å²) in [6, 6.07) is 2.70. The number of piperazine rings is 1. The number of halogens is 4. The largest absolute Gasteiger partial charge is 0.390 e. The highest BCUT2D eigenvalue weighted by Gasteiger charge is 2.36. The third-order valence-electron chi connectivity index (χ3n) is 3.16. The number of nitrogens with zero attached hydrogens (tertiary/aromatic N) is 2. The Balaban J connectivity index is 2.25. The molecule has 3 nitrogen and oxygen atoms in total. The highest BCUT2D eigenvalue weighted by molar-refractivity contribution is 9.10. The van der Waals surface area contributed by atoms with Crippen molar-refractivity contribution in [2.24, 2.45) is 0 Å². The van der Waals surface area contributed by atoms with Crippen molar-refractivity contribution in [3.8, 4) is 0 Å². The fourth-order valence-electron chi connectivity index (χ4n) is 2.30. The molecule has 0 spiro atoms. The van der Waals surface area contributed by atoms with Gasteiger partial charge < -0.3 is 5.32 Å². The number of hydrogen-bond donors (Lipinski definition) is 1. The molecule has 106 valence electrons. The first-order chi connectivity index (χ1) is 8.97. The molecule has 1 aliphatic rings. The molecule has 1 atom stereocenters. The third kappa shape index (κ3) is 4.15. The van der Waals surface area contributed by atoms with Gasteiger partial charge >= 0.3 is 6.18 Å². The van der Waals surface area contributed by atoms with E-state index in [1.807, 2.05) is 4.90 Å². The summed E-state index contributed by atoms with van der Waals surface area (Å²) < 4.78 is 38.9. The summed E-state index contributed by atoms with van der Waals surface area (Å²) >= 11 is 3.25. The first kappa shape index (κ1) is 14.7. The second kappa shape index (κ2) is 6.19. The predicted octanol–water partition coefficient (Wildman–Crippen LogP) is 2.74. The molecule has 0 radical (unpaired) electrons. The van der Waals surface area contributed by atoms with Crippen molar-refractivity contribution >= 4 is 15.9 Å². The van der Waals surface area contributed by atoms with Crippen LogP contribution < -0.4 is 5.32 Å². The van der Waals surface area contributed by atoms with Crippen LogP contribution in [0.1, 0.15) is 18.0 Å². The SMILES string of the molecule is FC(F)(F)C[C@@H](c1cccnc1Br)N1CCNCC1. The molecule has 0 bridgehead atoms. The summed E-state index contributed by atoms with van der Waals surface area (Å²) in [6.07, 6.45) is -3.47. The monoisotopic (exact) mass is 337 g/mol. The van der Waals surface area contributed by atoms with Crippen LogP contribution in [0.2, 0.25) is 0 Å². The van der Waals surface area contributed by atoms with Gasteiger partial charge in [0.05, 0.1) is 6.42 Å². The van der Waals surface area contributed by atoms with E-state index in [-0.39, 0.29) is 0 Å². The van der Waals surface area contributed by atoms with E-state index in [2.05, 4.69) is 26.2 Å². The minimum Gasteiger partial charge on any atom is -0.314 e. The maximum atomic E-state index is 12.8. The first-order valence-electron chi connectivity index (χ1n) is 6.09. The van der Waals surface area contributed by atoms with Crippen LogP contribution >= 0.6 is 15.9 Å². The topological polar surface area (TPSA) is 28.2 Å². The molecule has 7 heteroatoms. The zero-order valence-corrected chi connectivity index (χ0v) is 11.8. The van der Waals surface area contributed by atoms with E-state index in [1.54, 1.807) is 18.3 Å². The van der Waals surface area contributed by atoms with E-state index < -0.39 is 18.6 Å². The van der Waals surface area contributed by atoms with Crippen LogP contribution in [0.5, 0.6) is 0 Å². The van der Waals surface area contributed by atoms with E-state index in [4.69, 9.17) is 0 Å². The minimum atomic E-state index is -4.19. The molecule has 1 aromatic rings. The normalized spacial score (nSPS) is 19.4. The lowest BCUT2D eigenvalue weighted by Crippen LogP contribution is -2.46. The fourth-order valence-corrected chi connectivity index (χ4v) is 2.81. The zero-order chi connectivity index (χ0) is 13.9. The Morgan fingerprint density at radius 1 is 1.37 bits per heavy atom. The van der Waals surface area contributed by atoms with Gasteiger partial charge in [0.15, 0.2) is 0 Å². The minimum absolute atomic E-state index is 0.489. The Hall–Kier alpha value is -0.660. The van der Waals surface area contributed by atoms with Gasteiger partial charge in [-0.15, -0.1) is 0 Å². The molecule has 1 saturated heterocycles. The molecule has 2 rings (SSSR count). The average Bonchev–Trinajstić information content (AvgIpc) is 2.37. The molecule has 0 saturated carbocycles. The van der Waals surface area contributed by atoms with Crippen LogP contribution in [0.25, 0.3) is 0 Å². The van der Waals surface area contributed by atoms with Gasteiger partial charge in [-0.25, -0.2) is 4.98 Å². The summed E-state index contributed by atoms with van der Waals surface area (Å²) in [5, 5.41) is 3.15. The van der Waals surface area contributed by atoms with E-state index in [0.717, 1.165) is 0 Å². The van der Waals surface area contributed by atoms with Crippen LogP contribution in [-0.2, 0) is 0 Å². The summed E-state index contributed by atoms with van der Waals surface area (Å²) in [6.45, 7) is 2.66. The second-order valence-corrected chi connectivity index (χ2v) is 5.26. The molecule has 2 heterocycles. The van der Waals surface area contributed by atoms with E-state index in [9.17, 15) is 13.2 Å². The van der Waals surface area contributed by atoms with Crippen molar-refractivity contribution in [1.29, 1.82) is 0 Å². The van der Waals surface area contributed by atoms with Crippen LogP contribution in [-0.4, -0.2) is 42.2 Å². The smallest absolute Gasteiger partial charge is 0.314 e. The molecule has 1 fully saturated rings. The lowest BCUT2D eigenvalue weighted by Gasteiger charge is -2.35. The van der Waals surface area contributed by atoms with Crippen LogP contribution in [0.15, 0.2) is 22.9 Å². The van der Waals surface area contributed by atoms with Crippen molar-refractivity contribution < 1.29 is 13.2 Å². The van der Waals surface area contributed by atoms with E-state index in [1.165, 1.54) is 0 Å². The lowest BCUT2D eigenvalue weighted by molar-refractivity contribution is -0.148. The van der Waals surface area contributed by atoms with Crippen LogP contribution in [0, 0.1) is 0 Å². The Morgan fingerprint density at radius 2 is 2.05 bits per heavy atom. The molecule has 0 amide bonds. The van der Waals surface area contributed by atoms with Gasteiger partial charge in [-0.2, -0.15) is 13.2 Å². The van der Waals surface area contributed by atoms with Crippen molar-refractivity contribution in [3.05, 3.63) is 28.5 Å². The molecule has 1 N–H and O–H groups in total. The summed E-state index contributed by atoms with van der Waals surface area (Å²) in [5.41, 5.74) is 0.599. The summed E-state index contributed by atoms with van der Waals surface area (Å²) in [7, 11) is 0. The Bertz CT molecular complexity index is 419. The van der Waals surface area contributed by atoms with Gasteiger partial charge in [0.1, 0.15) is 4.60 Å². The molecular weight excluding hydrogens is 323 g/mol. The average molecular weight is 338 g/mol. The Morgan fingerprint density at radius 3 is 2.63 bits per heavy atom. The van der Waals surface area contributed by atoms with Gasteiger partial charge in [-0.1, -0.05) is 6.07 Å². The van der Waals surface area contributed by atoms with Crippen LogP contribution in [0.4, 0.5) is 13.2 Å². The van der Waals surface area contributed by atoms with E-state index >= 15 is 0 Å². The molecule has 0 aromatic carbocycles. The molecule has 0 unspecified atom stereocenters. The molecular formula is C12H15BrF3N3. The van der Waals surface area contributed by atoms with Crippen molar-refractivity contribution in [1.82, 2.24) is 15.2 Å². The van der Waals surface area contributed by atoms with Crippen molar-refractivity contribution in [2.45, 2.75) is 18.6 Å². The Kier molecular flexibility index (Phi) is 4.81. The van der Waals surface area contributed by atoms with Crippen molar-refractivity contribution in [3.63, 3.8) is 0 Å². The second-order valence-electron chi connectivity index (χ2n) is 4.50. The van der Waals surface area contributed by atoms with E-state index in [0.29, 0.717) is 36.3 Å². The molecule has 0 aliphatic carbocycles. The Labute approximate surface area is 118 Å². The quantitative estimate of drug-likeness (QED) is 0.859.